The summed E-state index contributed by atoms with van der Waals surface area (Å²) in [4.78, 5) is 17.8. The number of nitrogens with one attached hydrogen (secondary N) is 1. The molecule has 4 rings (SSSR count). The summed E-state index contributed by atoms with van der Waals surface area (Å²) in [5.74, 6) is 0.395. The van der Waals surface area contributed by atoms with Gasteiger partial charge in [-0.25, -0.2) is 4.39 Å². The lowest BCUT2D eigenvalue weighted by molar-refractivity contribution is -0.121. The molecule has 1 amide bonds. The Labute approximate surface area is 182 Å². The lowest BCUT2D eigenvalue weighted by Gasteiger charge is -2.39. The van der Waals surface area contributed by atoms with Gasteiger partial charge in [-0.2, -0.15) is 0 Å². The number of methoxy groups -OCH3 is 1. The molecule has 1 aliphatic rings. The molecule has 0 bridgehead atoms. The molecule has 1 saturated heterocycles. The molecular weight excluding hydrogens is 393 g/mol. The van der Waals surface area contributed by atoms with E-state index in [9.17, 15) is 9.18 Å². The van der Waals surface area contributed by atoms with Crippen LogP contribution < -0.4 is 15.0 Å². The predicted octanol–water partition coefficient (Wildman–Crippen LogP) is 4.34. The van der Waals surface area contributed by atoms with Crippen LogP contribution in [0.3, 0.4) is 0 Å². The van der Waals surface area contributed by atoms with Gasteiger partial charge in [0.05, 0.1) is 7.11 Å². The van der Waals surface area contributed by atoms with Crippen LogP contribution in [0.4, 0.5) is 15.8 Å². The maximum absolute atomic E-state index is 13.2. The van der Waals surface area contributed by atoms with Crippen LogP contribution in [0.5, 0.6) is 5.75 Å². The van der Waals surface area contributed by atoms with Gasteiger partial charge in [-0.15, -0.1) is 0 Å². The largest absolute Gasteiger partial charge is 0.497 e. The number of piperazine rings is 1. The van der Waals surface area contributed by atoms with Crippen molar-refractivity contribution < 1.29 is 13.9 Å². The molecule has 6 heteroatoms. The highest BCUT2D eigenvalue weighted by atomic mass is 19.1. The van der Waals surface area contributed by atoms with Gasteiger partial charge in [0.15, 0.2) is 0 Å². The van der Waals surface area contributed by atoms with Gasteiger partial charge >= 0.3 is 0 Å². The fourth-order valence-electron chi connectivity index (χ4n) is 3.94. The molecule has 1 heterocycles. The van der Waals surface area contributed by atoms with Crippen molar-refractivity contribution in [3.05, 3.63) is 90.2 Å². The number of ether oxygens (including phenoxy) is 1. The maximum atomic E-state index is 13.2. The normalized spacial score (nSPS) is 15.4. The topological polar surface area (TPSA) is 44.8 Å². The van der Waals surface area contributed by atoms with Crippen molar-refractivity contribution in [2.24, 2.45) is 0 Å². The summed E-state index contributed by atoms with van der Waals surface area (Å²) in [7, 11) is 1.66. The summed E-state index contributed by atoms with van der Waals surface area (Å²) in [5.41, 5.74) is 2.68. The molecule has 1 unspecified atom stereocenters. The first-order valence-electron chi connectivity index (χ1n) is 10.4. The molecule has 0 aliphatic carbocycles. The third-order valence-electron chi connectivity index (χ3n) is 5.59. The minimum atomic E-state index is -0.413. The van der Waals surface area contributed by atoms with Crippen molar-refractivity contribution in [2.75, 3.05) is 43.5 Å². The van der Waals surface area contributed by atoms with Crippen molar-refractivity contribution in [3.63, 3.8) is 0 Å². The quantitative estimate of drug-likeness (QED) is 0.646. The standard InChI is InChI=1S/C25H26FN3O2/c1-31-23-13-11-22(12-14-23)28-15-17-29(18-16-28)24(19-5-3-2-4-6-19)25(30)27-21-9-7-20(26)8-10-21/h2-14,24H,15-18H2,1H3,(H,27,30). The second kappa shape index (κ2) is 9.62. The first-order valence-corrected chi connectivity index (χ1v) is 10.4. The Kier molecular flexibility index (Phi) is 6.48. The number of hydrogen-bond acceptors (Lipinski definition) is 4. The second-order valence-electron chi connectivity index (χ2n) is 7.53. The molecule has 160 valence electrons. The van der Waals surface area contributed by atoms with E-state index in [1.54, 1.807) is 19.2 Å². The lowest BCUT2D eigenvalue weighted by atomic mass is 10.0. The fourth-order valence-corrected chi connectivity index (χ4v) is 3.94. The SMILES string of the molecule is COc1ccc(N2CCN(C(C(=O)Nc3ccc(F)cc3)c3ccccc3)CC2)cc1. The first-order chi connectivity index (χ1) is 15.1. The van der Waals surface area contributed by atoms with Gasteiger partial charge in [0.1, 0.15) is 17.6 Å². The minimum absolute atomic E-state index is 0.115. The summed E-state index contributed by atoms with van der Waals surface area (Å²) in [6.07, 6.45) is 0. The first kappa shape index (κ1) is 20.9. The zero-order valence-corrected chi connectivity index (χ0v) is 17.5. The van der Waals surface area contributed by atoms with E-state index in [0.29, 0.717) is 5.69 Å². The number of nitrogens with zero attached hydrogens (tertiary/aromatic N) is 2. The number of benzene rings is 3. The van der Waals surface area contributed by atoms with E-state index in [1.807, 2.05) is 42.5 Å². The average molecular weight is 420 g/mol. The van der Waals surface area contributed by atoms with Crippen molar-refractivity contribution in [3.8, 4) is 5.75 Å². The Morgan fingerprint density at radius 3 is 2.16 bits per heavy atom. The van der Waals surface area contributed by atoms with Crippen molar-refractivity contribution in [1.29, 1.82) is 0 Å². The number of anilines is 2. The highest BCUT2D eigenvalue weighted by molar-refractivity contribution is 5.95. The molecular formula is C25H26FN3O2. The van der Waals surface area contributed by atoms with E-state index < -0.39 is 6.04 Å². The van der Waals surface area contributed by atoms with Gasteiger partial charge in [-0.3, -0.25) is 9.69 Å². The molecule has 3 aromatic rings. The van der Waals surface area contributed by atoms with Gasteiger partial charge in [0.2, 0.25) is 5.91 Å². The Balaban J connectivity index is 1.48. The number of carbonyl (C=O) groups excluding carboxylic acids is 1. The predicted molar refractivity (Wildman–Crippen MR) is 121 cm³/mol. The Morgan fingerprint density at radius 2 is 1.55 bits per heavy atom. The van der Waals surface area contributed by atoms with E-state index >= 15 is 0 Å². The van der Waals surface area contributed by atoms with Gasteiger partial charge in [-0.1, -0.05) is 30.3 Å². The number of hydrogen-bond donors (Lipinski definition) is 1. The minimum Gasteiger partial charge on any atom is -0.497 e. The van der Waals surface area contributed by atoms with Crippen molar-refractivity contribution >= 4 is 17.3 Å². The number of halogens is 1. The van der Waals surface area contributed by atoms with Gasteiger partial charge in [0.25, 0.3) is 0 Å². The Morgan fingerprint density at radius 1 is 0.903 bits per heavy atom. The van der Waals surface area contributed by atoms with Crippen LogP contribution in [0.15, 0.2) is 78.9 Å². The molecule has 31 heavy (non-hydrogen) atoms. The molecule has 0 radical (unpaired) electrons. The summed E-state index contributed by atoms with van der Waals surface area (Å²) in [6, 6.07) is 23.3. The third kappa shape index (κ3) is 5.03. The van der Waals surface area contributed by atoms with E-state index in [0.717, 1.165) is 43.2 Å². The second-order valence-corrected chi connectivity index (χ2v) is 7.53. The van der Waals surface area contributed by atoms with E-state index in [4.69, 9.17) is 4.74 Å². The van der Waals surface area contributed by atoms with Gasteiger partial charge in [0, 0.05) is 37.6 Å². The zero-order valence-electron chi connectivity index (χ0n) is 17.5. The van der Waals surface area contributed by atoms with Crippen LogP contribution in [-0.2, 0) is 4.79 Å². The van der Waals surface area contributed by atoms with Crippen LogP contribution >= 0.6 is 0 Å². The summed E-state index contributed by atoms with van der Waals surface area (Å²) >= 11 is 0. The van der Waals surface area contributed by atoms with Gasteiger partial charge in [-0.05, 0) is 54.1 Å². The van der Waals surface area contributed by atoms with Crippen LogP contribution in [0.1, 0.15) is 11.6 Å². The molecule has 0 spiro atoms. The highest BCUT2D eigenvalue weighted by Crippen LogP contribution is 2.27. The van der Waals surface area contributed by atoms with E-state index in [1.165, 1.54) is 12.1 Å². The summed E-state index contributed by atoms with van der Waals surface area (Å²) in [5, 5.41) is 2.95. The fraction of sp³-hybridized carbons (Fsp3) is 0.240. The smallest absolute Gasteiger partial charge is 0.246 e. The molecule has 0 aromatic heterocycles. The number of carbonyl (C=O) groups is 1. The number of amides is 1. The summed E-state index contributed by atoms with van der Waals surface area (Å²) < 4.78 is 18.5. The molecule has 1 fully saturated rings. The van der Waals surface area contributed by atoms with Gasteiger partial charge < -0.3 is 15.0 Å². The lowest BCUT2D eigenvalue weighted by Crippen LogP contribution is -2.50. The van der Waals surface area contributed by atoms with Crippen LogP contribution in [-0.4, -0.2) is 44.1 Å². The molecule has 0 saturated carbocycles. The molecule has 1 N–H and O–H groups in total. The monoisotopic (exact) mass is 419 g/mol. The summed E-state index contributed by atoms with van der Waals surface area (Å²) in [6.45, 7) is 3.14. The molecule has 5 nitrogen and oxygen atoms in total. The van der Waals surface area contributed by atoms with Crippen LogP contribution in [0.2, 0.25) is 0 Å². The zero-order chi connectivity index (χ0) is 21.6. The maximum Gasteiger partial charge on any atom is 0.246 e. The third-order valence-corrected chi connectivity index (χ3v) is 5.59. The van der Waals surface area contributed by atoms with Crippen molar-refractivity contribution in [1.82, 2.24) is 4.90 Å². The molecule has 1 atom stereocenters. The number of rotatable bonds is 6. The molecule has 1 aliphatic heterocycles. The van der Waals surface area contributed by atoms with Crippen LogP contribution in [0.25, 0.3) is 0 Å². The van der Waals surface area contributed by atoms with Crippen molar-refractivity contribution in [2.45, 2.75) is 6.04 Å². The average Bonchev–Trinajstić information content (AvgIpc) is 2.82. The molecule has 3 aromatic carbocycles. The van der Waals surface area contributed by atoms with E-state index in [2.05, 4.69) is 27.2 Å². The highest BCUT2D eigenvalue weighted by Gasteiger charge is 2.30. The van der Waals surface area contributed by atoms with E-state index in [-0.39, 0.29) is 11.7 Å². The Bertz CT molecular complexity index is 986. The Hall–Kier alpha value is -3.38. The van der Waals surface area contributed by atoms with Crippen LogP contribution in [0, 0.1) is 5.82 Å².